The summed E-state index contributed by atoms with van der Waals surface area (Å²) in [6.07, 6.45) is 4.12. The summed E-state index contributed by atoms with van der Waals surface area (Å²) in [7, 11) is 3.24. The molecule has 0 unspecified atom stereocenters. The van der Waals surface area contributed by atoms with E-state index in [0.29, 0.717) is 19.6 Å². The van der Waals surface area contributed by atoms with Gasteiger partial charge in [0.25, 0.3) is 0 Å². The third-order valence-corrected chi connectivity index (χ3v) is 6.69. The maximum Gasteiger partial charge on any atom is 0.233 e. The fourth-order valence-electron chi connectivity index (χ4n) is 5.24. The molecule has 160 valence electrons. The van der Waals surface area contributed by atoms with Crippen molar-refractivity contribution in [2.75, 3.05) is 27.4 Å². The first-order valence-electron chi connectivity index (χ1n) is 10.5. The minimum absolute atomic E-state index is 0.0391. The van der Waals surface area contributed by atoms with Crippen molar-refractivity contribution in [2.24, 2.45) is 17.8 Å². The Hall–Kier alpha value is -2.44. The second kappa shape index (κ2) is 8.36. The molecule has 0 aromatic heterocycles. The van der Waals surface area contributed by atoms with Gasteiger partial charge in [-0.1, -0.05) is 29.8 Å². The molecule has 1 aromatic rings. The Bertz CT molecular complexity index is 918. The van der Waals surface area contributed by atoms with Crippen LogP contribution in [0.15, 0.2) is 41.0 Å². The van der Waals surface area contributed by atoms with Gasteiger partial charge in [0.2, 0.25) is 11.8 Å². The van der Waals surface area contributed by atoms with E-state index >= 15 is 0 Å². The summed E-state index contributed by atoms with van der Waals surface area (Å²) < 4.78 is 11.6. The Morgan fingerprint density at radius 1 is 1.27 bits per heavy atom. The van der Waals surface area contributed by atoms with Crippen molar-refractivity contribution >= 4 is 17.9 Å². The molecule has 30 heavy (non-hydrogen) atoms. The molecular weight excluding hydrogens is 382 g/mol. The maximum atomic E-state index is 12.7. The molecule has 2 amide bonds. The average Bonchev–Trinajstić information content (AvgIpc) is 3.24. The Kier molecular flexibility index (Phi) is 5.80. The molecule has 0 saturated carbocycles. The van der Waals surface area contributed by atoms with Crippen LogP contribution in [0, 0.1) is 17.8 Å². The summed E-state index contributed by atoms with van der Waals surface area (Å²) in [5.41, 5.74) is 4.24. The van der Waals surface area contributed by atoms with E-state index < -0.39 is 0 Å². The van der Waals surface area contributed by atoms with E-state index in [1.807, 2.05) is 25.1 Å². The van der Waals surface area contributed by atoms with Crippen LogP contribution in [0.1, 0.15) is 31.7 Å². The highest BCUT2D eigenvalue weighted by Crippen LogP contribution is 2.49. The summed E-state index contributed by atoms with van der Waals surface area (Å²) in [4.78, 5) is 26.6. The molecule has 2 heterocycles. The molecule has 0 bridgehead atoms. The molecule has 1 aromatic carbocycles. The molecule has 0 spiro atoms. The van der Waals surface area contributed by atoms with E-state index in [1.165, 1.54) is 10.5 Å². The lowest BCUT2D eigenvalue weighted by atomic mass is 9.69. The summed E-state index contributed by atoms with van der Waals surface area (Å²) in [5.74, 6) is -0.521. The quantitative estimate of drug-likeness (QED) is 0.575. The van der Waals surface area contributed by atoms with Crippen molar-refractivity contribution in [2.45, 2.75) is 32.3 Å². The number of methoxy groups -OCH3 is 1. The number of aromatic hydroxyl groups is 1. The fraction of sp³-hybridized carbons (Fsp3) is 0.500. The molecule has 4 atom stereocenters. The number of amides is 2. The van der Waals surface area contributed by atoms with Crippen molar-refractivity contribution in [3.63, 3.8) is 0 Å². The number of phenolic OH excluding ortho intramolecular Hbond substituents is 1. The fourth-order valence-corrected chi connectivity index (χ4v) is 5.24. The zero-order chi connectivity index (χ0) is 21.4. The van der Waals surface area contributed by atoms with E-state index in [-0.39, 0.29) is 41.4 Å². The topological polar surface area (TPSA) is 76.1 Å². The number of nitrogens with zero attached hydrogens (tertiary/aromatic N) is 1. The largest absolute Gasteiger partial charge is 0.507 e. The van der Waals surface area contributed by atoms with Crippen LogP contribution in [0.5, 0.6) is 5.75 Å². The van der Waals surface area contributed by atoms with Gasteiger partial charge in [0, 0.05) is 25.6 Å². The number of para-hydroxylation sites is 1. The number of phenols is 1. The first-order valence-corrected chi connectivity index (χ1v) is 10.5. The molecule has 2 aliphatic heterocycles. The lowest BCUT2D eigenvalue weighted by molar-refractivity contribution is -0.138. The van der Waals surface area contributed by atoms with Crippen molar-refractivity contribution in [3.8, 4) is 5.75 Å². The lowest BCUT2D eigenvalue weighted by Crippen LogP contribution is -2.34. The third-order valence-electron chi connectivity index (χ3n) is 6.69. The number of likely N-dealkylation sites (tertiary alicyclic amines) is 1. The minimum atomic E-state index is -0.305. The van der Waals surface area contributed by atoms with Gasteiger partial charge in [0.1, 0.15) is 5.75 Å². The zero-order valence-corrected chi connectivity index (χ0v) is 17.8. The predicted octanol–water partition coefficient (Wildman–Crippen LogP) is 3.17. The standard InChI is InChI=1S/C24H29NO5/c1-14(10-15-6-4-5-7-19(15)26)8-9-20-21-16(12-29-3)11-17-22(18(21)13-30-20)24(28)25(2)23(17)27/h4-7,10,17-18,20,22,26H,8-9,11-13H2,1-3H3/b14-10+/t17-,18+,20-,22-/m1/s1. The van der Waals surface area contributed by atoms with Crippen molar-refractivity contribution < 1.29 is 24.2 Å². The zero-order valence-electron chi connectivity index (χ0n) is 17.8. The van der Waals surface area contributed by atoms with E-state index in [2.05, 4.69) is 0 Å². The van der Waals surface area contributed by atoms with Gasteiger partial charge in [-0.05, 0) is 43.4 Å². The number of allylic oxidation sites excluding steroid dienone is 1. The van der Waals surface area contributed by atoms with Crippen LogP contribution in [0.4, 0.5) is 0 Å². The molecule has 1 N–H and O–H groups in total. The minimum Gasteiger partial charge on any atom is -0.507 e. The Labute approximate surface area is 177 Å². The third kappa shape index (κ3) is 3.59. The highest BCUT2D eigenvalue weighted by Gasteiger charge is 2.55. The Balaban J connectivity index is 1.54. The molecule has 6 nitrogen and oxygen atoms in total. The summed E-state index contributed by atoms with van der Waals surface area (Å²) in [6.45, 7) is 2.99. The monoisotopic (exact) mass is 411 g/mol. The Morgan fingerprint density at radius 2 is 2.03 bits per heavy atom. The number of benzene rings is 1. The van der Waals surface area contributed by atoms with Gasteiger partial charge in [-0.2, -0.15) is 0 Å². The Morgan fingerprint density at radius 3 is 2.77 bits per heavy atom. The molecule has 6 heteroatoms. The van der Waals surface area contributed by atoms with Gasteiger partial charge in [-0.15, -0.1) is 0 Å². The molecule has 2 saturated heterocycles. The van der Waals surface area contributed by atoms with Gasteiger partial charge >= 0.3 is 0 Å². The number of ether oxygens (including phenoxy) is 2. The summed E-state index contributed by atoms with van der Waals surface area (Å²) >= 11 is 0. The van der Waals surface area contributed by atoms with E-state index in [9.17, 15) is 14.7 Å². The van der Waals surface area contributed by atoms with E-state index in [0.717, 1.165) is 29.6 Å². The number of hydrogen-bond acceptors (Lipinski definition) is 5. The number of rotatable bonds is 6. The van der Waals surface area contributed by atoms with Gasteiger partial charge in [0.15, 0.2) is 0 Å². The highest BCUT2D eigenvalue weighted by molar-refractivity contribution is 6.05. The van der Waals surface area contributed by atoms with Crippen molar-refractivity contribution in [1.82, 2.24) is 4.90 Å². The molecular formula is C24H29NO5. The highest BCUT2D eigenvalue weighted by atomic mass is 16.5. The molecule has 3 aliphatic rings. The van der Waals surface area contributed by atoms with Gasteiger partial charge in [0.05, 0.1) is 31.2 Å². The molecule has 2 fully saturated rings. The van der Waals surface area contributed by atoms with E-state index in [4.69, 9.17) is 9.47 Å². The second-order valence-corrected chi connectivity index (χ2v) is 8.58. The molecule has 0 radical (unpaired) electrons. The number of carbonyl (C=O) groups is 2. The van der Waals surface area contributed by atoms with Crippen molar-refractivity contribution in [1.29, 1.82) is 0 Å². The van der Waals surface area contributed by atoms with Crippen LogP contribution in [0.25, 0.3) is 6.08 Å². The number of imide groups is 1. The van der Waals surface area contributed by atoms with Crippen LogP contribution in [0.3, 0.4) is 0 Å². The molecule has 4 rings (SSSR count). The predicted molar refractivity (Wildman–Crippen MR) is 112 cm³/mol. The normalized spacial score (nSPS) is 28.9. The number of fused-ring (bicyclic) bond motifs is 3. The number of carbonyl (C=O) groups excluding carboxylic acids is 2. The van der Waals surface area contributed by atoms with Crippen LogP contribution < -0.4 is 0 Å². The van der Waals surface area contributed by atoms with Crippen LogP contribution >= 0.6 is 0 Å². The summed E-state index contributed by atoms with van der Waals surface area (Å²) in [5, 5.41) is 9.99. The van der Waals surface area contributed by atoms with Gasteiger partial charge in [-0.3, -0.25) is 14.5 Å². The first kappa shape index (κ1) is 20.8. The smallest absolute Gasteiger partial charge is 0.233 e. The van der Waals surface area contributed by atoms with Crippen LogP contribution in [-0.2, 0) is 19.1 Å². The van der Waals surface area contributed by atoms with Gasteiger partial charge in [-0.25, -0.2) is 0 Å². The van der Waals surface area contributed by atoms with Crippen molar-refractivity contribution in [3.05, 3.63) is 46.5 Å². The first-order chi connectivity index (χ1) is 14.4. The van der Waals surface area contributed by atoms with E-state index in [1.54, 1.807) is 26.3 Å². The summed E-state index contributed by atoms with van der Waals surface area (Å²) in [6, 6.07) is 7.28. The second-order valence-electron chi connectivity index (χ2n) is 8.58. The lowest BCUT2D eigenvalue weighted by Gasteiger charge is -2.31. The average molecular weight is 411 g/mol. The SMILES string of the molecule is COCC1=C2[C@@H](CC/C(C)=C/c3ccccc3O)OC[C@@H]2[C@@H]2C(=O)N(C)C(=O)[C@@H]2C1. The maximum absolute atomic E-state index is 12.7. The number of hydrogen-bond donors (Lipinski definition) is 1. The molecule has 1 aliphatic carbocycles. The van der Waals surface area contributed by atoms with Crippen LogP contribution in [0.2, 0.25) is 0 Å². The van der Waals surface area contributed by atoms with Crippen LogP contribution in [-0.4, -0.2) is 55.3 Å². The van der Waals surface area contributed by atoms with Gasteiger partial charge < -0.3 is 14.6 Å².